The minimum atomic E-state index is -0.249. The molecule has 2 atom stereocenters. The number of carbonyl (C=O) groups is 2. The highest BCUT2D eigenvalue weighted by Crippen LogP contribution is 2.22. The molecular weight excluding hydrogens is 154 g/mol. The highest BCUT2D eigenvalue weighted by molar-refractivity contribution is 5.83. The second-order valence-corrected chi connectivity index (χ2v) is 2.95. The fourth-order valence-electron chi connectivity index (χ4n) is 1.45. The minimum Gasteiger partial charge on any atom is -0.359 e. The van der Waals surface area contributed by atoms with Crippen LogP contribution in [0.1, 0.15) is 12.8 Å². The Morgan fingerprint density at radius 3 is 3.00 bits per heavy atom. The van der Waals surface area contributed by atoms with Gasteiger partial charge in [0.15, 0.2) is 0 Å². The summed E-state index contributed by atoms with van der Waals surface area (Å²) in [6.45, 7) is 0. The van der Waals surface area contributed by atoms with Crippen LogP contribution in [0.3, 0.4) is 0 Å². The van der Waals surface area contributed by atoms with Crippen LogP contribution in [0.2, 0.25) is 0 Å². The van der Waals surface area contributed by atoms with Crippen LogP contribution in [-0.4, -0.2) is 19.2 Å². The Hall–Kier alpha value is -1.12. The average molecular weight is 167 g/mol. The van der Waals surface area contributed by atoms with Crippen molar-refractivity contribution >= 4 is 12.2 Å². The number of allylic oxidation sites excluding steroid dienone is 1. The van der Waals surface area contributed by atoms with Gasteiger partial charge in [-0.1, -0.05) is 12.2 Å². The van der Waals surface area contributed by atoms with Gasteiger partial charge in [-0.2, -0.15) is 0 Å². The van der Waals surface area contributed by atoms with E-state index in [1.165, 1.54) is 0 Å². The zero-order valence-electron chi connectivity index (χ0n) is 7.12. The molecule has 1 rings (SSSR count). The van der Waals surface area contributed by atoms with Crippen molar-refractivity contribution in [3.05, 3.63) is 12.2 Å². The summed E-state index contributed by atoms with van der Waals surface area (Å²) in [4.78, 5) is 21.8. The van der Waals surface area contributed by atoms with Crippen molar-refractivity contribution in [2.24, 2.45) is 11.8 Å². The van der Waals surface area contributed by atoms with Crippen molar-refractivity contribution in [1.82, 2.24) is 5.32 Å². The van der Waals surface area contributed by atoms with Crippen molar-refractivity contribution in [2.75, 3.05) is 7.05 Å². The molecule has 12 heavy (non-hydrogen) atoms. The van der Waals surface area contributed by atoms with Crippen LogP contribution in [0, 0.1) is 11.8 Å². The van der Waals surface area contributed by atoms with Gasteiger partial charge < -0.3 is 10.1 Å². The molecule has 0 heterocycles. The zero-order valence-corrected chi connectivity index (χ0v) is 7.12. The number of hydrogen-bond acceptors (Lipinski definition) is 2. The monoisotopic (exact) mass is 167 g/mol. The van der Waals surface area contributed by atoms with Crippen LogP contribution in [0.4, 0.5) is 0 Å². The fourth-order valence-corrected chi connectivity index (χ4v) is 1.45. The minimum absolute atomic E-state index is 0.0666. The summed E-state index contributed by atoms with van der Waals surface area (Å²) < 4.78 is 0. The van der Waals surface area contributed by atoms with E-state index in [9.17, 15) is 9.59 Å². The molecule has 2 unspecified atom stereocenters. The zero-order chi connectivity index (χ0) is 8.97. The summed E-state index contributed by atoms with van der Waals surface area (Å²) in [7, 11) is 1.59. The molecule has 1 aliphatic carbocycles. The Balaban J connectivity index is 2.70. The summed E-state index contributed by atoms with van der Waals surface area (Å²) in [5, 5.41) is 2.55. The highest BCUT2D eigenvalue weighted by atomic mass is 16.2. The normalized spacial score (nSPS) is 28.1. The first-order chi connectivity index (χ1) is 5.79. The van der Waals surface area contributed by atoms with E-state index >= 15 is 0 Å². The first kappa shape index (κ1) is 8.97. The molecule has 1 aliphatic rings. The van der Waals surface area contributed by atoms with Gasteiger partial charge in [-0.3, -0.25) is 4.79 Å². The second kappa shape index (κ2) is 4.04. The third-order valence-electron chi connectivity index (χ3n) is 2.20. The fraction of sp³-hybridized carbons (Fsp3) is 0.556. The Kier molecular flexibility index (Phi) is 3.02. The first-order valence-electron chi connectivity index (χ1n) is 4.13. The van der Waals surface area contributed by atoms with E-state index in [0.717, 1.165) is 19.1 Å². The molecule has 66 valence electrons. The lowest BCUT2D eigenvalue weighted by Gasteiger charge is -2.20. The van der Waals surface area contributed by atoms with Gasteiger partial charge in [0.1, 0.15) is 6.29 Å². The quantitative estimate of drug-likeness (QED) is 0.481. The predicted molar refractivity (Wildman–Crippen MR) is 45.5 cm³/mol. The van der Waals surface area contributed by atoms with E-state index in [1.54, 1.807) is 7.05 Å². The summed E-state index contributed by atoms with van der Waals surface area (Å²) in [6, 6.07) is 0. The Morgan fingerprint density at radius 1 is 1.67 bits per heavy atom. The van der Waals surface area contributed by atoms with Gasteiger partial charge in [0, 0.05) is 13.0 Å². The summed E-state index contributed by atoms with van der Waals surface area (Å²) >= 11 is 0. The second-order valence-electron chi connectivity index (χ2n) is 2.95. The Morgan fingerprint density at radius 2 is 2.42 bits per heavy atom. The van der Waals surface area contributed by atoms with Crippen LogP contribution in [0.5, 0.6) is 0 Å². The van der Waals surface area contributed by atoms with Gasteiger partial charge in [-0.15, -0.1) is 0 Å². The van der Waals surface area contributed by atoms with Crippen molar-refractivity contribution in [1.29, 1.82) is 0 Å². The van der Waals surface area contributed by atoms with E-state index in [2.05, 4.69) is 5.32 Å². The van der Waals surface area contributed by atoms with Gasteiger partial charge in [-0.05, 0) is 12.8 Å². The topological polar surface area (TPSA) is 46.2 Å². The molecular formula is C9H13NO2. The van der Waals surface area contributed by atoms with E-state index in [4.69, 9.17) is 0 Å². The van der Waals surface area contributed by atoms with Crippen molar-refractivity contribution in [3.8, 4) is 0 Å². The van der Waals surface area contributed by atoms with Crippen LogP contribution < -0.4 is 5.32 Å². The Labute approximate surface area is 71.8 Å². The highest BCUT2D eigenvalue weighted by Gasteiger charge is 2.26. The van der Waals surface area contributed by atoms with Crippen LogP contribution >= 0.6 is 0 Å². The predicted octanol–water partition coefficient (Wildman–Crippen LogP) is 0.514. The molecule has 1 amide bonds. The van der Waals surface area contributed by atoms with E-state index < -0.39 is 0 Å². The van der Waals surface area contributed by atoms with Gasteiger partial charge in [0.25, 0.3) is 0 Å². The van der Waals surface area contributed by atoms with Gasteiger partial charge in [0.05, 0.1) is 5.92 Å². The summed E-state index contributed by atoms with van der Waals surface area (Å²) in [6.07, 6.45) is 6.35. The van der Waals surface area contributed by atoms with Crippen LogP contribution in [-0.2, 0) is 9.59 Å². The SMILES string of the molecule is CNC(=O)C1C=CCCC1C=O. The molecule has 0 saturated carbocycles. The maximum Gasteiger partial charge on any atom is 0.227 e. The smallest absolute Gasteiger partial charge is 0.227 e. The van der Waals surface area contributed by atoms with Gasteiger partial charge in [0.2, 0.25) is 5.91 Å². The first-order valence-corrected chi connectivity index (χ1v) is 4.13. The van der Waals surface area contributed by atoms with Crippen LogP contribution in [0.15, 0.2) is 12.2 Å². The van der Waals surface area contributed by atoms with E-state index in [-0.39, 0.29) is 17.7 Å². The van der Waals surface area contributed by atoms with Gasteiger partial charge in [-0.25, -0.2) is 0 Å². The molecule has 0 bridgehead atoms. The number of aldehydes is 1. The van der Waals surface area contributed by atoms with E-state index in [0.29, 0.717) is 0 Å². The molecule has 0 aromatic rings. The third-order valence-corrected chi connectivity index (χ3v) is 2.20. The molecule has 0 saturated heterocycles. The molecule has 0 fully saturated rings. The summed E-state index contributed by atoms with van der Waals surface area (Å²) in [5.74, 6) is -0.445. The number of amides is 1. The summed E-state index contributed by atoms with van der Waals surface area (Å²) in [5.41, 5.74) is 0. The molecule has 0 radical (unpaired) electrons. The lowest BCUT2D eigenvalue weighted by Crippen LogP contribution is -2.33. The number of carbonyl (C=O) groups excluding carboxylic acids is 2. The maximum absolute atomic E-state index is 11.2. The maximum atomic E-state index is 11.2. The van der Waals surface area contributed by atoms with Crippen LogP contribution in [0.25, 0.3) is 0 Å². The lowest BCUT2D eigenvalue weighted by atomic mass is 9.84. The van der Waals surface area contributed by atoms with Gasteiger partial charge >= 0.3 is 0 Å². The number of nitrogens with one attached hydrogen (secondary N) is 1. The lowest BCUT2D eigenvalue weighted by molar-refractivity contribution is -0.127. The Bertz CT molecular complexity index is 211. The molecule has 0 aliphatic heterocycles. The van der Waals surface area contributed by atoms with Crippen molar-refractivity contribution in [2.45, 2.75) is 12.8 Å². The van der Waals surface area contributed by atoms with Crippen molar-refractivity contribution < 1.29 is 9.59 Å². The average Bonchev–Trinajstić information content (AvgIpc) is 2.16. The third kappa shape index (κ3) is 1.72. The van der Waals surface area contributed by atoms with Crippen molar-refractivity contribution in [3.63, 3.8) is 0 Å². The molecule has 0 aromatic heterocycles. The molecule has 1 N–H and O–H groups in total. The number of rotatable bonds is 2. The molecule has 3 heteroatoms. The standard InChI is InChI=1S/C9H13NO2/c1-10-9(12)8-5-3-2-4-7(8)6-11/h3,5-8H,2,4H2,1H3,(H,10,12). The van der Waals surface area contributed by atoms with E-state index in [1.807, 2.05) is 12.2 Å². The number of hydrogen-bond donors (Lipinski definition) is 1. The molecule has 3 nitrogen and oxygen atoms in total. The largest absolute Gasteiger partial charge is 0.359 e. The molecule has 0 aromatic carbocycles. The molecule has 0 spiro atoms.